The molecule has 1 atom stereocenters. The number of likely N-dealkylation sites (N-methyl/N-ethyl adjacent to an activating group) is 1. The van der Waals surface area contributed by atoms with Crippen molar-refractivity contribution in [1.82, 2.24) is 0 Å². The second kappa shape index (κ2) is 12.0. The average Bonchev–Trinajstić information content (AvgIpc) is 3.23. The number of carboxylic acid groups (broad SMARTS) is 1. The molecule has 8 nitrogen and oxygen atoms in total. The van der Waals surface area contributed by atoms with E-state index >= 15 is 0 Å². The molecule has 0 spiro atoms. The molecule has 2 aliphatic rings. The first-order valence-corrected chi connectivity index (χ1v) is 16.1. The van der Waals surface area contributed by atoms with Crippen LogP contribution < -0.4 is 19.1 Å². The van der Waals surface area contributed by atoms with E-state index in [-0.39, 0.29) is 18.1 Å². The third-order valence-corrected chi connectivity index (χ3v) is 8.74. The summed E-state index contributed by atoms with van der Waals surface area (Å²) in [5.41, 5.74) is 7.84. The Bertz CT molecular complexity index is 1550. The van der Waals surface area contributed by atoms with Crippen LogP contribution in [-0.4, -0.2) is 57.8 Å². The first-order chi connectivity index (χ1) is 19.6. The Kier molecular flexibility index (Phi) is 8.45. The van der Waals surface area contributed by atoms with E-state index in [1.807, 2.05) is 24.3 Å². The molecule has 3 aromatic carbocycles. The molecule has 41 heavy (non-hydrogen) atoms. The summed E-state index contributed by atoms with van der Waals surface area (Å²) in [7, 11) is -3.01. The Morgan fingerprint density at radius 2 is 1.93 bits per heavy atom. The van der Waals surface area contributed by atoms with Gasteiger partial charge >= 0.3 is 5.97 Å². The van der Waals surface area contributed by atoms with Crippen LogP contribution in [0.15, 0.2) is 48.5 Å². The molecule has 2 heterocycles. The molecule has 5 rings (SSSR count). The van der Waals surface area contributed by atoms with Gasteiger partial charge in [0.2, 0.25) is 0 Å². The third-order valence-electron chi connectivity index (χ3n) is 7.71. The molecule has 0 fully saturated rings. The normalized spacial score (nSPS) is 15.8. The lowest BCUT2D eigenvalue weighted by molar-refractivity contribution is -0.137. The predicted molar refractivity (Wildman–Crippen MR) is 159 cm³/mol. The number of carboxylic acids is 1. The van der Waals surface area contributed by atoms with Crippen LogP contribution in [0.3, 0.4) is 0 Å². The van der Waals surface area contributed by atoms with E-state index in [2.05, 4.69) is 43.0 Å². The van der Waals surface area contributed by atoms with Crippen LogP contribution in [0.1, 0.15) is 47.9 Å². The zero-order valence-corrected chi connectivity index (χ0v) is 24.6. The Balaban J connectivity index is 1.35. The number of rotatable bonds is 11. The van der Waals surface area contributed by atoms with Crippen molar-refractivity contribution < 1.29 is 32.5 Å². The maximum absolute atomic E-state index is 11.5. The largest absolute Gasteiger partial charge is 0.494 e. The van der Waals surface area contributed by atoms with Gasteiger partial charge in [-0.2, -0.15) is 0 Å². The topological polar surface area (TPSA) is 102 Å². The summed E-state index contributed by atoms with van der Waals surface area (Å²) in [5.74, 6) is 1.29. The highest BCUT2D eigenvalue weighted by atomic mass is 32.2. The van der Waals surface area contributed by atoms with Gasteiger partial charge in [-0.3, -0.25) is 4.79 Å². The summed E-state index contributed by atoms with van der Waals surface area (Å²) < 4.78 is 40.8. The van der Waals surface area contributed by atoms with Crippen molar-refractivity contribution in [2.24, 2.45) is 0 Å². The number of hydrogen-bond acceptors (Lipinski definition) is 7. The summed E-state index contributed by atoms with van der Waals surface area (Å²) in [5, 5.41) is 9.15. The van der Waals surface area contributed by atoms with Gasteiger partial charge in [0.25, 0.3) is 0 Å². The highest BCUT2D eigenvalue weighted by Gasteiger charge is 2.27. The molecule has 0 bridgehead atoms. The molecular formula is C32H37NO7S. The molecule has 0 unspecified atom stereocenters. The lowest BCUT2D eigenvalue weighted by atomic mass is 9.92. The molecule has 9 heteroatoms. The van der Waals surface area contributed by atoms with Gasteiger partial charge in [0.15, 0.2) is 0 Å². The smallest absolute Gasteiger partial charge is 0.304 e. The molecule has 3 aromatic rings. The molecule has 0 aromatic heterocycles. The molecular weight excluding hydrogens is 542 g/mol. The fourth-order valence-electron chi connectivity index (χ4n) is 5.75. The molecule has 2 aliphatic heterocycles. The van der Waals surface area contributed by atoms with Crippen LogP contribution >= 0.6 is 0 Å². The maximum Gasteiger partial charge on any atom is 0.304 e. The van der Waals surface area contributed by atoms with Gasteiger partial charge in [-0.25, -0.2) is 8.42 Å². The van der Waals surface area contributed by atoms with Crippen molar-refractivity contribution in [3.63, 3.8) is 0 Å². The van der Waals surface area contributed by atoms with Crippen molar-refractivity contribution in [2.75, 3.05) is 43.2 Å². The van der Waals surface area contributed by atoms with Crippen LogP contribution in [-0.2, 0) is 27.7 Å². The number of hydrogen-bond donors (Lipinski definition) is 1. The number of sulfone groups is 1. The lowest BCUT2D eigenvalue weighted by Crippen LogP contribution is -2.24. The van der Waals surface area contributed by atoms with Crippen molar-refractivity contribution in [2.45, 2.75) is 45.6 Å². The summed E-state index contributed by atoms with van der Waals surface area (Å²) in [6, 6.07) is 16.2. The van der Waals surface area contributed by atoms with Crippen molar-refractivity contribution >= 4 is 21.5 Å². The Labute approximate surface area is 241 Å². The van der Waals surface area contributed by atoms with Gasteiger partial charge in [-0.05, 0) is 79.3 Å². The van der Waals surface area contributed by atoms with E-state index in [1.165, 1.54) is 23.1 Å². The second-order valence-electron chi connectivity index (χ2n) is 10.9. The third kappa shape index (κ3) is 6.78. The van der Waals surface area contributed by atoms with Gasteiger partial charge in [-0.15, -0.1) is 0 Å². The number of ether oxygens (including phenoxy) is 3. The molecule has 0 amide bonds. The van der Waals surface area contributed by atoms with Crippen LogP contribution in [0.2, 0.25) is 0 Å². The standard InChI is InChI=1S/C32H37NO7S/c1-4-33-11-10-23-16-26(38-12-5-13-41(3,36)37)14-21(2)32(23)28-15-22(6-9-29(28)33)19-39-25-7-8-27-24(17-31(34)35)20-40-30(27)18-25/h6-9,14-16,18,24H,4-5,10-13,17,19-20H2,1-3H3,(H,34,35)/t24-/m1/s1. The fourth-order valence-corrected chi connectivity index (χ4v) is 6.39. The monoisotopic (exact) mass is 579 g/mol. The summed E-state index contributed by atoms with van der Waals surface area (Å²) >= 11 is 0. The van der Waals surface area contributed by atoms with Gasteiger partial charge in [0.1, 0.15) is 33.7 Å². The van der Waals surface area contributed by atoms with Gasteiger partial charge in [0.05, 0.1) is 25.4 Å². The number of nitrogens with zero attached hydrogens (tertiary/aromatic N) is 1. The molecule has 1 N–H and O–H groups in total. The number of anilines is 1. The SMILES string of the molecule is CCN1CCc2cc(OCCCS(C)(=O)=O)cc(C)c2-c2cc(COc3ccc4c(c3)OC[C@H]4CC(=O)O)ccc21. The first kappa shape index (κ1) is 28.8. The highest BCUT2D eigenvalue weighted by Crippen LogP contribution is 2.41. The minimum atomic E-state index is -3.01. The number of benzene rings is 3. The molecule has 0 aliphatic carbocycles. The Morgan fingerprint density at radius 1 is 1.10 bits per heavy atom. The maximum atomic E-state index is 11.5. The zero-order chi connectivity index (χ0) is 29.1. The number of aryl methyl sites for hydroxylation is 1. The number of carbonyl (C=O) groups is 1. The first-order valence-electron chi connectivity index (χ1n) is 14.0. The van der Waals surface area contributed by atoms with E-state index < -0.39 is 15.8 Å². The zero-order valence-electron chi connectivity index (χ0n) is 23.8. The van der Waals surface area contributed by atoms with E-state index in [0.717, 1.165) is 47.5 Å². The van der Waals surface area contributed by atoms with Crippen molar-refractivity contribution in [1.29, 1.82) is 0 Å². The van der Waals surface area contributed by atoms with E-state index in [0.29, 0.717) is 37.7 Å². The van der Waals surface area contributed by atoms with E-state index in [4.69, 9.17) is 19.3 Å². The highest BCUT2D eigenvalue weighted by molar-refractivity contribution is 7.90. The van der Waals surface area contributed by atoms with Crippen LogP contribution in [0.25, 0.3) is 11.1 Å². The Morgan fingerprint density at radius 3 is 2.68 bits per heavy atom. The minimum absolute atomic E-state index is 0.0504. The van der Waals surface area contributed by atoms with Crippen LogP contribution in [0, 0.1) is 6.92 Å². The molecule has 0 radical (unpaired) electrons. The summed E-state index contributed by atoms with van der Waals surface area (Å²) in [6.45, 7) is 7.15. The minimum Gasteiger partial charge on any atom is -0.494 e. The summed E-state index contributed by atoms with van der Waals surface area (Å²) in [4.78, 5) is 13.5. The number of fused-ring (bicyclic) bond motifs is 4. The van der Waals surface area contributed by atoms with E-state index in [1.54, 1.807) is 0 Å². The van der Waals surface area contributed by atoms with Crippen molar-refractivity contribution in [3.8, 4) is 28.4 Å². The Hall–Kier alpha value is -3.72. The van der Waals surface area contributed by atoms with Gasteiger partial charge < -0.3 is 24.2 Å². The van der Waals surface area contributed by atoms with Crippen LogP contribution in [0.4, 0.5) is 5.69 Å². The predicted octanol–water partition coefficient (Wildman–Crippen LogP) is 5.39. The quantitative estimate of drug-likeness (QED) is 0.302. The second-order valence-corrected chi connectivity index (χ2v) is 13.1. The molecule has 0 saturated carbocycles. The summed E-state index contributed by atoms with van der Waals surface area (Å²) in [6.07, 6.45) is 2.64. The number of aliphatic carboxylic acids is 1. The lowest BCUT2D eigenvalue weighted by Gasteiger charge is -2.24. The molecule has 218 valence electrons. The van der Waals surface area contributed by atoms with Crippen molar-refractivity contribution in [3.05, 3.63) is 70.8 Å². The van der Waals surface area contributed by atoms with Gasteiger partial charge in [-0.1, -0.05) is 12.1 Å². The fraction of sp³-hybridized carbons (Fsp3) is 0.406. The average molecular weight is 580 g/mol. The van der Waals surface area contributed by atoms with Gasteiger partial charge in [0, 0.05) is 48.1 Å². The molecule has 0 saturated heterocycles. The van der Waals surface area contributed by atoms with E-state index in [9.17, 15) is 13.2 Å². The van der Waals surface area contributed by atoms with Crippen LogP contribution in [0.5, 0.6) is 17.2 Å².